The molecule has 6 atom stereocenters. The van der Waals surface area contributed by atoms with E-state index in [-0.39, 0.29) is 17.1 Å². The molecule has 4 heteroatoms. The maximum absolute atomic E-state index is 13.9. The van der Waals surface area contributed by atoms with Crippen LogP contribution in [0.5, 0.6) is 5.88 Å². The fraction of sp³-hybridized carbons (Fsp3) is 0.528. The zero-order chi connectivity index (χ0) is 27.6. The van der Waals surface area contributed by atoms with Gasteiger partial charge in [-0.1, -0.05) is 50.1 Å². The second-order valence-electron chi connectivity index (χ2n) is 13.4. The van der Waals surface area contributed by atoms with Gasteiger partial charge in [-0.05, 0) is 103 Å². The van der Waals surface area contributed by atoms with Crippen molar-refractivity contribution in [1.82, 2.24) is 4.98 Å². The molecule has 7 rings (SSSR count). The van der Waals surface area contributed by atoms with E-state index >= 15 is 0 Å². The molecule has 1 heterocycles. The summed E-state index contributed by atoms with van der Waals surface area (Å²) >= 11 is 0. The largest absolute Gasteiger partial charge is 0.481 e. The minimum absolute atomic E-state index is 0.0318. The topological polar surface area (TPSA) is 56.3 Å². The molecular formula is C36H41NO3. The molecule has 0 aliphatic heterocycles. The first kappa shape index (κ1) is 25.9. The van der Waals surface area contributed by atoms with Crippen LogP contribution < -0.4 is 4.74 Å². The Labute approximate surface area is 238 Å². The summed E-state index contributed by atoms with van der Waals surface area (Å²) in [4.78, 5) is 30.7. The third-order valence-electron chi connectivity index (χ3n) is 11.3. The van der Waals surface area contributed by atoms with Gasteiger partial charge in [0.2, 0.25) is 5.88 Å². The number of aromatic nitrogens is 1. The normalized spacial score (nSPS) is 33.1. The first-order valence-electron chi connectivity index (χ1n) is 15.5. The predicted molar refractivity (Wildman–Crippen MR) is 157 cm³/mol. The smallest absolute Gasteiger partial charge is 0.212 e. The van der Waals surface area contributed by atoms with Crippen molar-refractivity contribution >= 4 is 11.6 Å². The number of carbonyl (C=O) groups is 2. The maximum atomic E-state index is 13.9. The van der Waals surface area contributed by atoms with Gasteiger partial charge in [-0.25, -0.2) is 4.98 Å². The Hall–Kier alpha value is -3.01. The summed E-state index contributed by atoms with van der Waals surface area (Å²) in [6.45, 7) is 4.79. The second-order valence-corrected chi connectivity index (χ2v) is 13.4. The molecule has 0 amide bonds. The van der Waals surface area contributed by atoms with Crippen molar-refractivity contribution in [2.75, 3.05) is 7.11 Å². The highest BCUT2D eigenvalue weighted by molar-refractivity contribution is 5.93. The van der Waals surface area contributed by atoms with Crippen LogP contribution in [0, 0.1) is 35.0 Å². The lowest BCUT2D eigenvalue weighted by Crippen LogP contribution is -2.45. The number of methoxy groups -OCH3 is 1. The van der Waals surface area contributed by atoms with Gasteiger partial charge >= 0.3 is 0 Å². The average molecular weight is 536 g/mol. The van der Waals surface area contributed by atoms with E-state index in [1.54, 1.807) is 12.7 Å². The first-order valence-corrected chi connectivity index (χ1v) is 15.5. The lowest BCUT2D eigenvalue weighted by Gasteiger charge is -2.52. The molecule has 40 heavy (non-hydrogen) atoms. The summed E-state index contributed by atoms with van der Waals surface area (Å²) < 4.78 is 5.24. The van der Waals surface area contributed by atoms with Crippen molar-refractivity contribution < 1.29 is 14.3 Å². The van der Waals surface area contributed by atoms with Crippen LogP contribution in [-0.2, 0) is 9.59 Å². The van der Waals surface area contributed by atoms with E-state index in [4.69, 9.17) is 4.74 Å². The number of rotatable bonds is 6. The first-order chi connectivity index (χ1) is 19.4. The molecule has 0 N–H and O–H groups in total. The van der Waals surface area contributed by atoms with Crippen LogP contribution in [0.15, 0.2) is 65.4 Å². The third-order valence-corrected chi connectivity index (χ3v) is 11.3. The molecule has 2 aromatic rings. The zero-order valence-corrected chi connectivity index (χ0v) is 24.1. The van der Waals surface area contributed by atoms with Gasteiger partial charge in [-0.2, -0.15) is 0 Å². The molecule has 5 aliphatic carbocycles. The number of benzene rings is 1. The molecule has 5 aliphatic rings. The van der Waals surface area contributed by atoms with Crippen molar-refractivity contribution in [2.45, 2.75) is 77.6 Å². The fourth-order valence-corrected chi connectivity index (χ4v) is 9.30. The SMILES string of the molecule is CC[C@@H]1C[C@H]2[C@@H]3CCC4=CC(=O)CCC4=C3[C@@H](c3ccc(-c4ccc(OC)nc4)cc3)C[C@]2(C)[C@H]1C(=O)C1CC1. The predicted octanol–water partition coefficient (Wildman–Crippen LogP) is 7.89. The molecule has 1 aromatic carbocycles. The zero-order valence-electron chi connectivity index (χ0n) is 24.1. The molecule has 208 valence electrons. The average Bonchev–Trinajstić information content (AvgIpc) is 3.79. The number of fused-ring (bicyclic) bond motifs is 4. The Morgan fingerprint density at radius 3 is 2.48 bits per heavy atom. The van der Waals surface area contributed by atoms with Crippen LogP contribution in [0.2, 0.25) is 0 Å². The Kier molecular flexibility index (Phi) is 6.36. The number of Topliss-reactive ketones (excluding diaryl/α,β-unsaturated/α-hetero) is 1. The summed E-state index contributed by atoms with van der Waals surface area (Å²) in [6, 6.07) is 13.1. The van der Waals surface area contributed by atoms with Crippen molar-refractivity contribution in [2.24, 2.45) is 35.0 Å². The highest BCUT2D eigenvalue weighted by atomic mass is 16.5. The number of carbonyl (C=O) groups excluding carboxylic acids is 2. The lowest BCUT2D eigenvalue weighted by molar-refractivity contribution is -0.130. The van der Waals surface area contributed by atoms with Gasteiger partial charge in [-0.3, -0.25) is 9.59 Å². The van der Waals surface area contributed by atoms with Crippen molar-refractivity contribution in [3.05, 3.63) is 71.0 Å². The van der Waals surface area contributed by atoms with Crippen LogP contribution in [0.4, 0.5) is 0 Å². The number of hydrogen-bond acceptors (Lipinski definition) is 4. The van der Waals surface area contributed by atoms with Gasteiger partial charge in [0.15, 0.2) is 5.78 Å². The van der Waals surface area contributed by atoms with Gasteiger partial charge in [0.25, 0.3) is 0 Å². The minimum atomic E-state index is 0.0318. The number of ketones is 2. The molecule has 1 aromatic heterocycles. The van der Waals surface area contributed by atoms with Crippen molar-refractivity contribution in [1.29, 1.82) is 0 Å². The van der Waals surface area contributed by atoms with E-state index < -0.39 is 0 Å². The monoisotopic (exact) mass is 535 g/mol. The maximum Gasteiger partial charge on any atom is 0.212 e. The quantitative estimate of drug-likeness (QED) is 0.377. The van der Waals surface area contributed by atoms with Crippen LogP contribution in [0.25, 0.3) is 11.1 Å². The molecule has 0 unspecified atom stereocenters. The molecular weight excluding hydrogens is 494 g/mol. The fourth-order valence-electron chi connectivity index (χ4n) is 9.30. The molecule has 0 bridgehead atoms. The second kappa shape index (κ2) is 9.82. The molecule has 0 saturated heterocycles. The van der Waals surface area contributed by atoms with E-state index in [1.807, 2.05) is 18.3 Å². The van der Waals surface area contributed by atoms with Crippen LogP contribution in [0.3, 0.4) is 0 Å². The van der Waals surface area contributed by atoms with E-state index in [2.05, 4.69) is 49.2 Å². The summed E-state index contributed by atoms with van der Waals surface area (Å²) in [5.74, 6) is 3.87. The number of ether oxygens (including phenoxy) is 1. The number of pyridine rings is 1. The van der Waals surface area contributed by atoms with Crippen molar-refractivity contribution in [3.63, 3.8) is 0 Å². The van der Waals surface area contributed by atoms with Crippen LogP contribution in [0.1, 0.15) is 83.1 Å². The van der Waals surface area contributed by atoms with Crippen LogP contribution in [-0.4, -0.2) is 23.7 Å². The van der Waals surface area contributed by atoms with E-state index in [0.717, 1.165) is 56.1 Å². The van der Waals surface area contributed by atoms with Gasteiger partial charge in [0, 0.05) is 42.0 Å². The van der Waals surface area contributed by atoms with E-state index in [9.17, 15) is 9.59 Å². The Bertz CT molecular complexity index is 1400. The number of nitrogens with zero attached hydrogens (tertiary/aromatic N) is 1. The Morgan fingerprint density at radius 1 is 1.02 bits per heavy atom. The molecule has 0 radical (unpaired) electrons. The molecule has 0 spiro atoms. The van der Waals surface area contributed by atoms with Gasteiger partial charge in [0.1, 0.15) is 5.78 Å². The van der Waals surface area contributed by atoms with Gasteiger partial charge in [-0.15, -0.1) is 0 Å². The minimum Gasteiger partial charge on any atom is -0.481 e. The third kappa shape index (κ3) is 4.13. The highest BCUT2D eigenvalue weighted by Crippen LogP contribution is 2.68. The van der Waals surface area contributed by atoms with Crippen LogP contribution >= 0.6 is 0 Å². The highest BCUT2D eigenvalue weighted by Gasteiger charge is 2.62. The number of allylic oxidation sites excluding steroid dienone is 4. The van der Waals surface area contributed by atoms with E-state index in [1.165, 1.54) is 23.1 Å². The summed E-state index contributed by atoms with van der Waals surface area (Å²) in [7, 11) is 1.64. The molecule has 3 saturated carbocycles. The standard InChI is InChI=1S/C36H41NO3/c1-4-21-18-31-29-14-11-25-17-27(38)13-15-28(25)33(29)30(19-36(31,2)34(21)35(39)24-9-10-24)23-7-5-22(6-8-23)26-12-16-32(40-3)37-20-26/h5-8,12,16-17,20-21,24,29-31,34H,4,9-11,13-15,18-19H2,1-3H3/t21-,29+,30-,31+,34-,36+/m1/s1. The Morgan fingerprint density at radius 2 is 1.80 bits per heavy atom. The molecule has 3 fully saturated rings. The number of hydrogen-bond donors (Lipinski definition) is 0. The summed E-state index contributed by atoms with van der Waals surface area (Å²) in [5.41, 5.74) is 8.00. The van der Waals surface area contributed by atoms with Gasteiger partial charge < -0.3 is 4.74 Å². The summed E-state index contributed by atoms with van der Waals surface area (Å²) in [6.07, 6.45) is 13.0. The molecule has 4 nitrogen and oxygen atoms in total. The van der Waals surface area contributed by atoms with Gasteiger partial charge in [0.05, 0.1) is 7.11 Å². The summed E-state index contributed by atoms with van der Waals surface area (Å²) in [5, 5.41) is 0. The lowest BCUT2D eigenvalue weighted by atomic mass is 9.51. The Balaban J connectivity index is 1.32. The van der Waals surface area contributed by atoms with E-state index in [0.29, 0.717) is 47.7 Å². The van der Waals surface area contributed by atoms with Crippen molar-refractivity contribution in [3.8, 4) is 17.0 Å².